The lowest BCUT2D eigenvalue weighted by molar-refractivity contribution is 0.193. The highest BCUT2D eigenvalue weighted by Gasteiger charge is 2.39. The van der Waals surface area contributed by atoms with Gasteiger partial charge in [-0.15, -0.1) is 0 Å². The standard InChI is InChI=1S/C10H11NO3/c12-7-3-1-6(2-4-7)8-5-9(8)11-10(13)14/h1-4,8-9,11-12H,5H2,(H,13,14)/t8-,9+/m0/s1. The van der Waals surface area contributed by atoms with Crippen LogP contribution in [0.15, 0.2) is 24.3 Å². The SMILES string of the molecule is O=C(O)N[C@@H]1C[C@H]1c1ccc(O)cc1. The molecule has 2 rings (SSSR count). The van der Waals surface area contributed by atoms with E-state index in [-0.39, 0.29) is 17.7 Å². The molecule has 0 radical (unpaired) electrons. The molecule has 0 saturated heterocycles. The summed E-state index contributed by atoms with van der Waals surface area (Å²) in [7, 11) is 0. The van der Waals surface area contributed by atoms with Crippen LogP contribution in [-0.4, -0.2) is 22.3 Å². The number of carbonyl (C=O) groups is 1. The second-order valence-corrected chi connectivity index (χ2v) is 3.49. The Bertz CT molecular complexity index is 347. The van der Waals surface area contributed by atoms with Gasteiger partial charge in [-0.25, -0.2) is 4.79 Å². The van der Waals surface area contributed by atoms with E-state index < -0.39 is 6.09 Å². The minimum atomic E-state index is -0.976. The fourth-order valence-corrected chi connectivity index (χ4v) is 1.60. The molecule has 1 aromatic carbocycles. The zero-order valence-corrected chi connectivity index (χ0v) is 7.47. The Balaban J connectivity index is 1.99. The van der Waals surface area contributed by atoms with Crippen molar-refractivity contribution in [3.8, 4) is 5.75 Å². The van der Waals surface area contributed by atoms with Crippen molar-refractivity contribution in [2.45, 2.75) is 18.4 Å². The lowest BCUT2D eigenvalue weighted by atomic mass is 10.1. The van der Waals surface area contributed by atoms with Crippen LogP contribution in [0, 0.1) is 0 Å². The molecule has 0 bridgehead atoms. The molecule has 2 atom stereocenters. The van der Waals surface area contributed by atoms with E-state index in [9.17, 15) is 4.79 Å². The van der Waals surface area contributed by atoms with Crippen LogP contribution < -0.4 is 5.32 Å². The molecule has 1 aliphatic carbocycles. The van der Waals surface area contributed by atoms with Gasteiger partial charge in [0.2, 0.25) is 0 Å². The Labute approximate surface area is 81.2 Å². The average molecular weight is 193 g/mol. The van der Waals surface area contributed by atoms with Gasteiger partial charge in [0.25, 0.3) is 0 Å². The van der Waals surface area contributed by atoms with Gasteiger partial charge in [-0.1, -0.05) is 12.1 Å². The molecular formula is C10H11NO3. The molecule has 0 aromatic heterocycles. The largest absolute Gasteiger partial charge is 0.508 e. The van der Waals surface area contributed by atoms with Crippen LogP contribution >= 0.6 is 0 Å². The smallest absolute Gasteiger partial charge is 0.404 e. The molecule has 0 aliphatic heterocycles. The number of phenols is 1. The van der Waals surface area contributed by atoms with Gasteiger partial charge in [-0.2, -0.15) is 0 Å². The highest BCUT2D eigenvalue weighted by molar-refractivity contribution is 5.65. The monoisotopic (exact) mass is 193 g/mol. The van der Waals surface area contributed by atoms with Gasteiger partial charge < -0.3 is 15.5 Å². The van der Waals surface area contributed by atoms with Crippen molar-refractivity contribution in [3.05, 3.63) is 29.8 Å². The summed E-state index contributed by atoms with van der Waals surface area (Å²) in [5.74, 6) is 0.504. The van der Waals surface area contributed by atoms with Crippen LogP contribution in [0.3, 0.4) is 0 Å². The summed E-state index contributed by atoms with van der Waals surface area (Å²) in [6.45, 7) is 0. The molecule has 0 unspecified atom stereocenters. The van der Waals surface area contributed by atoms with E-state index in [4.69, 9.17) is 10.2 Å². The maximum absolute atomic E-state index is 10.3. The molecule has 1 saturated carbocycles. The maximum atomic E-state index is 10.3. The minimum Gasteiger partial charge on any atom is -0.508 e. The van der Waals surface area contributed by atoms with E-state index in [0.29, 0.717) is 0 Å². The van der Waals surface area contributed by atoms with E-state index >= 15 is 0 Å². The van der Waals surface area contributed by atoms with E-state index in [1.807, 2.05) is 12.1 Å². The lowest BCUT2D eigenvalue weighted by Crippen LogP contribution is -2.24. The topological polar surface area (TPSA) is 69.6 Å². The summed E-state index contributed by atoms with van der Waals surface area (Å²) in [6.07, 6.45) is -0.131. The van der Waals surface area contributed by atoms with Crippen molar-refractivity contribution >= 4 is 6.09 Å². The summed E-state index contributed by atoms with van der Waals surface area (Å²) in [5, 5.41) is 20.0. The van der Waals surface area contributed by atoms with Crippen LogP contribution in [0.1, 0.15) is 17.9 Å². The average Bonchev–Trinajstić information content (AvgIpc) is 2.84. The normalized spacial score (nSPS) is 24.3. The Morgan fingerprint density at radius 2 is 2.00 bits per heavy atom. The summed E-state index contributed by atoms with van der Waals surface area (Å²) < 4.78 is 0. The molecule has 4 nitrogen and oxygen atoms in total. The molecule has 14 heavy (non-hydrogen) atoms. The first-order chi connectivity index (χ1) is 6.66. The van der Waals surface area contributed by atoms with Crippen LogP contribution in [0.2, 0.25) is 0 Å². The van der Waals surface area contributed by atoms with Crippen molar-refractivity contribution in [2.75, 3.05) is 0 Å². The molecule has 0 spiro atoms. The molecule has 1 fully saturated rings. The molecule has 4 heteroatoms. The number of hydrogen-bond acceptors (Lipinski definition) is 2. The highest BCUT2D eigenvalue weighted by atomic mass is 16.4. The Kier molecular flexibility index (Phi) is 2.04. The fourth-order valence-electron chi connectivity index (χ4n) is 1.60. The molecule has 1 amide bonds. The number of benzene rings is 1. The third-order valence-electron chi connectivity index (χ3n) is 2.42. The predicted octanol–water partition coefficient (Wildman–Crippen LogP) is 1.52. The number of rotatable bonds is 2. The van der Waals surface area contributed by atoms with Crippen LogP contribution in [0.5, 0.6) is 5.75 Å². The lowest BCUT2D eigenvalue weighted by Gasteiger charge is -2.00. The van der Waals surface area contributed by atoms with Gasteiger partial charge in [0.05, 0.1) is 0 Å². The summed E-state index contributed by atoms with van der Waals surface area (Å²) in [6, 6.07) is 6.92. The Morgan fingerprint density at radius 1 is 1.36 bits per heavy atom. The summed E-state index contributed by atoms with van der Waals surface area (Å²) in [5.41, 5.74) is 1.07. The van der Waals surface area contributed by atoms with Crippen molar-refractivity contribution in [2.24, 2.45) is 0 Å². The molecule has 0 heterocycles. The second kappa shape index (κ2) is 3.21. The second-order valence-electron chi connectivity index (χ2n) is 3.49. The summed E-state index contributed by atoms with van der Waals surface area (Å²) in [4.78, 5) is 10.3. The minimum absolute atomic E-state index is 0.0389. The number of aromatic hydroxyl groups is 1. The van der Waals surface area contributed by atoms with Crippen LogP contribution in [0.25, 0.3) is 0 Å². The third kappa shape index (κ3) is 1.79. The number of carboxylic acid groups (broad SMARTS) is 1. The zero-order valence-electron chi connectivity index (χ0n) is 7.47. The first-order valence-corrected chi connectivity index (χ1v) is 4.45. The maximum Gasteiger partial charge on any atom is 0.404 e. The van der Waals surface area contributed by atoms with Gasteiger partial charge in [0, 0.05) is 12.0 Å². The Morgan fingerprint density at radius 3 is 2.57 bits per heavy atom. The van der Waals surface area contributed by atoms with Crippen molar-refractivity contribution in [1.82, 2.24) is 5.32 Å². The number of amides is 1. The highest BCUT2D eigenvalue weighted by Crippen LogP contribution is 2.40. The predicted molar refractivity (Wildman–Crippen MR) is 50.4 cm³/mol. The van der Waals surface area contributed by atoms with E-state index in [1.165, 1.54) is 0 Å². The molecule has 1 aliphatic rings. The molecule has 74 valence electrons. The Hall–Kier alpha value is -1.71. The van der Waals surface area contributed by atoms with Crippen LogP contribution in [-0.2, 0) is 0 Å². The van der Waals surface area contributed by atoms with Gasteiger partial charge in [0.1, 0.15) is 5.75 Å². The van der Waals surface area contributed by atoms with Gasteiger partial charge >= 0.3 is 6.09 Å². The quantitative estimate of drug-likeness (QED) is 0.666. The van der Waals surface area contributed by atoms with E-state index in [1.54, 1.807) is 12.1 Å². The van der Waals surface area contributed by atoms with Crippen molar-refractivity contribution in [1.29, 1.82) is 0 Å². The van der Waals surface area contributed by atoms with Gasteiger partial charge in [-0.05, 0) is 24.1 Å². The number of nitrogens with one attached hydrogen (secondary N) is 1. The zero-order chi connectivity index (χ0) is 10.1. The third-order valence-corrected chi connectivity index (χ3v) is 2.42. The van der Waals surface area contributed by atoms with Gasteiger partial charge in [0.15, 0.2) is 0 Å². The first kappa shape index (κ1) is 8.87. The van der Waals surface area contributed by atoms with Crippen molar-refractivity contribution < 1.29 is 15.0 Å². The number of hydrogen-bond donors (Lipinski definition) is 3. The number of phenolic OH excluding ortho intramolecular Hbond substituents is 1. The fraction of sp³-hybridized carbons (Fsp3) is 0.300. The van der Waals surface area contributed by atoms with E-state index in [2.05, 4.69) is 5.32 Å². The summed E-state index contributed by atoms with van der Waals surface area (Å²) >= 11 is 0. The van der Waals surface area contributed by atoms with Crippen LogP contribution in [0.4, 0.5) is 4.79 Å². The molecule has 1 aromatic rings. The molecular weight excluding hydrogens is 182 g/mol. The first-order valence-electron chi connectivity index (χ1n) is 4.45. The molecule has 3 N–H and O–H groups in total. The van der Waals surface area contributed by atoms with E-state index in [0.717, 1.165) is 12.0 Å². The van der Waals surface area contributed by atoms with Crippen molar-refractivity contribution in [3.63, 3.8) is 0 Å². The van der Waals surface area contributed by atoms with Gasteiger partial charge in [-0.3, -0.25) is 0 Å².